The van der Waals surface area contributed by atoms with Gasteiger partial charge >= 0.3 is 0 Å². The Labute approximate surface area is 97.5 Å². The Morgan fingerprint density at radius 2 is 2.06 bits per heavy atom. The van der Waals surface area contributed by atoms with Gasteiger partial charge in [-0.25, -0.2) is 0 Å². The summed E-state index contributed by atoms with van der Waals surface area (Å²) in [4.78, 5) is 0. The second-order valence-electron chi connectivity index (χ2n) is 5.90. The van der Waals surface area contributed by atoms with E-state index in [1.807, 2.05) is 0 Å². The molecule has 4 nitrogen and oxygen atoms in total. The van der Waals surface area contributed by atoms with Gasteiger partial charge in [-0.15, -0.1) is 0 Å². The summed E-state index contributed by atoms with van der Waals surface area (Å²) in [6.45, 7) is 8.51. The Bertz CT molecular complexity index is 253. The van der Waals surface area contributed by atoms with Crippen molar-refractivity contribution < 1.29 is 14.7 Å². The fourth-order valence-electron chi connectivity index (χ4n) is 2.42. The summed E-state index contributed by atoms with van der Waals surface area (Å²) >= 11 is 0. The monoisotopic (exact) mass is 229 g/mol. The second-order valence-corrected chi connectivity index (χ2v) is 5.90. The fourth-order valence-corrected chi connectivity index (χ4v) is 2.42. The van der Waals surface area contributed by atoms with Crippen LogP contribution in [0.5, 0.6) is 0 Å². The van der Waals surface area contributed by atoms with Crippen LogP contribution in [0, 0.1) is 0 Å². The number of hydrogen-bond donors (Lipinski definition) is 1. The van der Waals surface area contributed by atoms with Gasteiger partial charge in [-0.2, -0.15) is 5.06 Å². The largest absolute Gasteiger partial charge is 0.379 e. The van der Waals surface area contributed by atoms with Gasteiger partial charge in [-0.05, 0) is 40.0 Å². The number of ether oxygens (including phenoxy) is 2. The summed E-state index contributed by atoms with van der Waals surface area (Å²) in [7, 11) is 0. The minimum atomic E-state index is -0.131. The first-order chi connectivity index (χ1) is 7.44. The van der Waals surface area contributed by atoms with Crippen LogP contribution >= 0.6 is 0 Å². The maximum atomic E-state index is 10.1. The molecule has 0 aliphatic carbocycles. The Kier molecular flexibility index (Phi) is 3.27. The van der Waals surface area contributed by atoms with Gasteiger partial charge in [0.25, 0.3) is 0 Å². The van der Waals surface area contributed by atoms with E-state index >= 15 is 0 Å². The topological polar surface area (TPSA) is 45.2 Å². The smallest absolute Gasteiger partial charge is 0.104 e. The highest BCUT2D eigenvalue weighted by molar-refractivity contribution is 4.98. The molecule has 94 valence electrons. The highest BCUT2D eigenvalue weighted by Gasteiger charge is 2.46. The zero-order chi connectivity index (χ0) is 11.8. The lowest BCUT2D eigenvalue weighted by atomic mass is 9.96. The highest BCUT2D eigenvalue weighted by Crippen LogP contribution is 2.40. The third kappa shape index (κ3) is 2.56. The summed E-state index contributed by atoms with van der Waals surface area (Å²) in [5, 5.41) is 11.7. The first kappa shape index (κ1) is 12.3. The standard InChI is InChI=1S/C12H23NO3/c1-11(2)4-5-12(3,13(11)14)6-7-15-8-10-9-16-10/h10,14H,4-9H2,1-3H3. The van der Waals surface area contributed by atoms with Crippen molar-refractivity contribution >= 4 is 0 Å². The number of rotatable bonds is 5. The molecule has 2 aliphatic heterocycles. The number of epoxide rings is 1. The van der Waals surface area contributed by atoms with Crippen molar-refractivity contribution in [2.75, 3.05) is 19.8 Å². The van der Waals surface area contributed by atoms with Crippen LogP contribution in [-0.2, 0) is 9.47 Å². The van der Waals surface area contributed by atoms with E-state index < -0.39 is 0 Å². The summed E-state index contributed by atoms with van der Waals surface area (Å²) in [6, 6.07) is 0. The molecule has 2 unspecified atom stereocenters. The summed E-state index contributed by atoms with van der Waals surface area (Å²) in [5.74, 6) is 0. The first-order valence-electron chi connectivity index (χ1n) is 6.13. The first-order valence-corrected chi connectivity index (χ1v) is 6.13. The van der Waals surface area contributed by atoms with Crippen LogP contribution in [0.25, 0.3) is 0 Å². The SMILES string of the molecule is CC1(C)CCC(C)(CCOCC2CO2)N1O. The molecule has 0 radical (unpaired) electrons. The Morgan fingerprint density at radius 1 is 1.38 bits per heavy atom. The molecular formula is C12H23NO3. The van der Waals surface area contributed by atoms with Crippen LogP contribution in [0.3, 0.4) is 0 Å². The van der Waals surface area contributed by atoms with Crippen molar-refractivity contribution in [1.29, 1.82) is 0 Å². The third-order valence-corrected chi connectivity index (χ3v) is 3.85. The molecule has 0 spiro atoms. The van der Waals surface area contributed by atoms with Gasteiger partial charge in [0.15, 0.2) is 0 Å². The number of nitrogens with zero attached hydrogens (tertiary/aromatic N) is 1. The van der Waals surface area contributed by atoms with E-state index in [0.717, 1.165) is 25.9 Å². The molecule has 4 heteroatoms. The molecular weight excluding hydrogens is 206 g/mol. The lowest BCUT2D eigenvalue weighted by molar-refractivity contribution is -0.201. The molecule has 2 rings (SSSR count). The number of hydroxylamine groups is 2. The van der Waals surface area contributed by atoms with Gasteiger partial charge in [0, 0.05) is 17.7 Å². The second kappa shape index (κ2) is 4.26. The molecule has 0 aromatic carbocycles. The Morgan fingerprint density at radius 3 is 2.56 bits per heavy atom. The van der Waals surface area contributed by atoms with Gasteiger partial charge < -0.3 is 14.7 Å². The van der Waals surface area contributed by atoms with Crippen LogP contribution in [0.15, 0.2) is 0 Å². The van der Waals surface area contributed by atoms with E-state index in [4.69, 9.17) is 9.47 Å². The maximum absolute atomic E-state index is 10.1. The van der Waals surface area contributed by atoms with E-state index in [9.17, 15) is 5.21 Å². The molecule has 0 amide bonds. The van der Waals surface area contributed by atoms with E-state index in [0.29, 0.717) is 19.3 Å². The van der Waals surface area contributed by atoms with E-state index in [1.54, 1.807) is 0 Å². The molecule has 16 heavy (non-hydrogen) atoms. The summed E-state index contributed by atoms with van der Waals surface area (Å²) in [5.41, 5.74) is -0.234. The van der Waals surface area contributed by atoms with Crippen molar-refractivity contribution in [1.82, 2.24) is 5.06 Å². The van der Waals surface area contributed by atoms with Crippen LogP contribution in [0.4, 0.5) is 0 Å². The van der Waals surface area contributed by atoms with Crippen molar-refractivity contribution in [2.45, 2.75) is 57.2 Å². The molecule has 0 aromatic rings. The van der Waals surface area contributed by atoms with E-state index in [2.05, 4.69) is 20.8 Å². The predicted octanol–water partition coefficient (Wildman–Crippen LogP) is 1.81. The third-order valence-electron chi connectivity index (χ3n) is 3.85. The van der Waals surface area contributed by atoms with Crippen LogP contribution < -0.4 is 0 Å². The van der Waals surface area contributed by atoms with Gasteiger partial charge in [-0.3, -0.25) is 0 Å². The summed E-state index contributed by atoms with van der Waals surface area (Å²) < 4.78 is 10.6. The summed E-state index contributed by atoms with van der Waals surface area (Å²) in [6.07, 6.45) is 3.27. The zero-order valence-corrected chi connectivity index (χ0v) is 10.5. The molecule has 2 saturated heterocycles. The lowest BCUT2D eigenvalue weighted by Crippen LogP contribution is -2.48. The van der Waals surface area contributed by atoms with E-state index in [-0.39, 0.29) is 11.1 Å². The van der Waals surface area contributed by atoms with Crippen LogP contribution in [-0.4, -0.2) is 47.3 Å². The number of hydrogen-bond acceptors (Lipinski definition) is 4. The minimum absolute atomic E-state index is 0.103. The average molecular weight is 229 g/mol. The maximum Gasteiger partial charge on any atom is 0.104 e. The zero-order valence-electron chi connectivity index (χ0n) is 10.5. The molecule has 2 fully saturated rings. The van der Waals surface area contributed by atoms with Crippen molar-refractivity contribution in [3.8, 4) is 0 Å². The van der Waals surface area contributed by atoms with Gasteiger partial charge in [0.2, 0.25) is 0 Å². The van der Waals surface area contributed by atoms with Gasteiger partial charge in [-0.1, -0.05) is 0 Å². The molecule has 0 bridgehead atoms. The molecule has 0 aromatic heterocycles. The molecule has 2 atom stereocenters. The Balaban J connectivity index is 1.74. The van der Waals surface area contributed by atoms with E-state index in [1.165, 1.54) is 5.06 Å². The predicted molar refractivity (Wildman–Crippen MR) is 60.5 cm³/mol. The van der Waals surface area contributed by atoms with Gasteiger partial charge in [0.05, 0.1) is 13.2 Å². The van der Waals surface area contributed by atoms with Gasteiger partial charge in [0.1, 0.15) is 6.10 Å². The lowest BCUT2D eigenvalue weighted by Gasteiger charge is -2.36. The Hall–Kier alpha value is -0.160. The fraction of sp³-hybridized carbons (Fsp3) is 1.00. The van der Waals surface area contributed by atoms with Crippen molar-refractivity contribution in [3.05, 3.63) is 0 Å². The average Bonchev–Trinajstić information content (AvgIpc) is 3.01. The van der Waals surface area contributed by atoms with Crippen LogP contribution in [0.2, 0.25) is 0 Å². The van der Waals surface area contributed by atoms with Crippen molar-refractivity contribution in [2.24, 2.45) is 0 Å². The molecule has 2 heterocycles. The minimum Gasteiger partial charge on any atom is -0.379 e. The quantitative estimate of drug-likeness (QED) is 0.577. The van der Waals surface area contributed by atoms with Crippen molar-refractivity contribution in [3.63, 3.8) is 0 Å². The molecule has 0 saturated carbocycles. The molecule has 1 N–H and O–H groups in total. The highest BCUT2D eigenvalue weighted by atomic mass is 16.6. The molecule has 2 aliphatic rings. The normalized spacial score (nSPS) is 37.9. The van der Waals surface area contributed by atoms with Crippen LogP contribution in [0.1, 0.15) is 40.0 Å².